The average molecular weight is 399 g/mol. The Morgan fingerprint density at radius 2 is 2.11 bits per heavy atom. The SMILES string of the molecule is Cc1ncsc1C(=O)N1CCC[C@H](c2nccnc2-c2cccc(Cl)c2)C1. The summed E-state index contributed by atoms with van der Waals surface area (Å²) >= 11 is 7.57. The summed E-state index contributed by atoms with van der Waals surface area (Å²) in [6.07, 6.45) is 5.35. The van der Waals surface area contributed by atoms with E-state index in [9.17, 15) is 4.79 Å². The number of aromatic nitrogens is 3. The number of benzene rings is 1. The Hall–Kier alpha value is -2.31. The number of amides is 1. The number of aryl methyl sites for hydroxylation is 1. The molecule has 3 aromatic rings. The van der Waals surface area contributed by atoms with E-state index in [1.807, 2.05) is 36.1 Å². The molecule has 0 N–H and O–H groups in total. The zero-order chi connectivity index (χ0) is 18.8. The maximum Gasteiger partial charge on any atom is 0.265 e. The molecular weight excluding hydrogens is 380 g/mol. The van der Waals surface area contributed by atoms with Gasteiger partial charge in [0.2, 0.25) is 0 Å². The molecule has 27 heavy (non-hydrogen) atoms. The lowest BCUT2D eigenvalue weighted by atomic mass is 9.91. The molecule has 1 saturated heterocycles. The van der Waals surface area contributed by atoms with Crippen molar-refractivity contribution < 1.29 is 4.79 Å². The van der Waals surface area contributed by atoms with Crippen molar-refractivity contribution in [2.24, 2.45) is 0 Å². The minimum Gasteiger partial charge on any atom is -0.337 e. The summed E-state index contributed by atoms with van der Waals surface area (Å²) in [5.74, 6) is 0.214. The molecule has 1 aromatic carbocycles. The van der Waals surface area contributed by atoms with Gasteiger partial charge in [-0.25, -0.2) is 4.98 Å². The van der Waals surface area contributed by atoms with Crippen molar-refractivity contribution in [3.05, 3.63) is 63.5 Å². The molecule has 1 aliphatic rings. The van der Waals surface area contributed by atoms with Gasteiger partial charge in [0.05, 0.1) is 22.6 Å². The second kappa shape index (κ2) is 7.74. The van der Waals surface area contributed by atoms with Crippen LogP contribution in [-0.2, 0) is 0 Å². The van der Waals surface area contributed by atoms with E-state index >= 15 is 0 Å². The van der Waals surface area contributed by atoms with Crippen LogP contribution >= 0.6 is 22.9 Å². The number of halogens is 1. The first-order chi connectivity index (χ1) is 13.1. The summed E-state index contributed by atoms with van der Waals surface area (Å²) in [6, 6.07) is 7.66. The van der Waals surface area contributed by atoms with E-state index in [0.29, 0.717) is 11.6 Å². The molecule has 5 nitrogen and oxygen atoms in total. The Bertz CT molecular complexity index is 974. The van der Waals surface area contributed by atoms with Gasteiger partial charge < -0.3 is 4.90 Å². The number of likely N-dealkylation sites (tertiary alicyclic amines) is 1. The molecule has 138 valence electrons. The van der Waals surface area contributed by atoms with Crippen molar-refractivity contribution >= 4 is 28.8 Å². The second-order valence-corrected chi connectivity index (χ2v) is 7.95. The Morgan fingerprint density at radius 1 is 1.26 bits per heavy atom. The van der Waals surface area contributed by atoms with Gasteiger partial charge in [0.25, 0.3) is 5.91 Å². The maximum absolute atomic E-state index is 12.9. The highest BCUT2D eigenvalue weighted by Crippen LogP contribution is 2.33. The Morgan fingerprint density at radius 3 is 2.89 bits per heavy atom. The Kier molecular flexibility index (Phi) is 5.18. The molecular formula is C20H19ClN4OS. The van der Waals surface area contributed by atoms with Crippen LogP contribution in [0.5, 0.6) is 0 Å². The van der Waals surface area contributed by atoms with Gasteiger partial charge in [-0.1, -0.05) is 23.7 Å². The molecule has 1 fully saturated rings. The first-order valence-corrected chi connectivity index (χ1v) is 10.2. The third-order valence-corrected chi connectivity index (χ3v) is 6.01. The molecule has 1 atom stereocenters. The van der Waals surface area contributed by atoms with Gasteiger partial charge in [-0.05, 0) is 31.9 Å². The normalized spacial score (nSPS) is 17.1. The molecule has 0 unspecified atom stereocenters. The van der Waals surface area contributed by atoms with Gasteiger partial charge in [0.15, 0.2) is 0 Å². The number of piperidine rings is 1. The second-order valence-electron chi connectivity index (χ2n) is 6.66. The molecule has 1 aliphatic heterocycles. The van der Waals surface area contributed by atoms with Crippen LogP contribution in [0, 0.1) is 6.92 Å². The average Bonchev–Trinajstić information content (AvgIpc) is 3.13. The van der Waals surface area contributed by atoms with E-state index in [1.165, 1.54) is 11.3 Å². The topological polar surface area (TPSA) is 59.0 Å². The molecule has 3 heterocycles. The number of carbonyl (C=O) groups is 1. The molecule has 0 spiro atoms. The minimum absolute atomic E-state index is 0.0629. The zero-order valence-corrected chi connectivity index (χ0v) is 16.5. The number of hydrogen-bond donors (Lipinski definition) is 0. The quantitative estimate of drug-likeness (QED) is 0.647. The molecule has 0 bridgehead atoms. The van der Waals surface area contributed by atoms with Gasteiger partial charge in [-0.3, -0.25) is 14.8 Å². The van der Waals surface area contributed by atoms with Crippen LogP contribution < -0.4 is 0 Å². The third-order valence-electron chi connectivity index (χ3n) is 4.86. The lowest BCUT2D eigenvalue weighted by molar-refractivity contribution is 0.0710. The fourth-order valence-electron chi connectivity index (χ4n) is 3.54. The fraction of sp³-hybridized carbons (Fsp3) is 0.300. The smallest absolute Gasteiger partial charge is 0.265 e. The molecule has 2 aromatic heterocycles. The number of hydrogen-bond acceptors (Lipinski definition) is 5. The number of nitrogens with zero attached hydrogens (tertiary/aromatic N) is 4. The van der Waals surface area contributed by atoms with Crippen LogP contribution in [0.2, 0.25) is 5.02 Å². The van der Waals surface area contributed by atoms with Crippen LogP contribution in [0.3, 0.4) is 0 Å². The Labute approximate surface area is 167 Å². The van der Waals surface area contributed by atoms with E-state index in [1.54, 1.807) is 17.9 Å². The van der Waals surface area contributed by atoms with Gasteiger partial charge >= 0.3 is 0 Å². The molecule has 0 saturated carbocycles. The van der Waals surface area contributed by atoms with Crippen LogP contribution in [-0.4, -0.2) is 38.8 Å². The van der Waals surface area contributed by atoms with Crippen LogP contribution in [0.4, 0.5) is 0 Å². The molecule has 1 amide bonds. The number of thiazole rings is 1. The first kappa shape index (κ1) is 18.1. The van der Waals surface area contributed by atoms with Gasteiger partial charge in [-0.15, -0.1) is 11.3 Å². The summed E-state index contributed by atoms with van der Waals surface area (Å²) < 4.78 is 0. The summed E-state index contributed by atoms with van der Waals surface area (Å²) in [4.78, 5) is 29.0. The van der Waals surface area contributed by atoms with E-state index in [2.05, 4.69) is 15.0 Å². The van der Waals surface area contributed by atoms with Crippen molar-refractivity contribution in [1.82, 2.24) is 19.9 Å². The highest BCUT2D eigenvalue weighted by atomic mass is 35.5. The van der Waals surface area contributed by atoms with Crippen molar-refractivity contribution in [3.63, 3.8) is 0 Å². The predicted molar refractivity (Wildman–Crippen MR) is 107 cm³/mol. The van der Waals surface area contributed by atoms with Gasteiger partial charge in [0.1, 0.15) is 4.88 Å². The van der Waals surface area contributed by atoms with Gasteiger partial charge in [0, 0.05) is 42.0 Å². The van der Waals surface area contributed by atoms with Crippen molar-refractivity contribution in [3.8, 4) is 11.3 Å². The Balaban J connectivity index is 1.63. The fourth-order valence-corrected chi connectivity index (χ4v) is 4.50. The standard InChI is InChI=1S/C20H19ClN4OS/c1-13-19(27-12-24-13)20(26)25-9-3-5-15(11-25)18-17(22-7-8-23-18)14-4-2-6-16(21)10-14/h2,4,6-8,10,12,15H,3,5,9,11H2,1H3/t15-/m0/s1. The molecule has 4 rings (SSSR count). The lowest BCUT2D eigenvalue weighted by Crippen LogP contribution is -2.39. The van der Waals surface area contributed by atoms with Crippen molar-refractivity contribution in [1.29, 1.82) is 0 Å². The summed E-state index contributed by atoms with van der Waals surface area (Å²) in [7, 11) is 0. The zero-order valence-electron chi connectivity index (χ0n) is 14.9. The third kappa shape index (κ3) is 3.73. The highest BCUT2D eigenvalue weighted by molar-refractivity contribution is 7.11. The monoisotopic (exact) mass is 398 g/mol. The summed E-state index contributed by atoms with van der Waals surface area (Å²) in [6.45, 7) is 3.28. The molecule has 0 aliphatic carbocycles. The van der Waals surface area contributed by atoms with E-state index in [-0.39, 0.29) is 11.8 Å². The van der Waals surface area contributed by atoms with Crippen molar-refractivity contribution in [2.75, 3.05) is 13.1 Å². The summed E-state index contributed by atoms with van der Waals surface area (Å²) in [5, 5.41) is 0.672. The number of rotatable bonds is 3. The summed E-state index contributed by atoms with van der Waals surface area (Å²) in [5.41, 5.74) is 5.24. The van der Waals surface area contributed by atoms with Crippen LogP contribution in [0.1, 0.15) is 39.8 Å². The highest BCUT2D eigenvalue weighted by Gasteiger charge is 2.29. The first-order valence-electron chi connectivity index (χ1n) is 8.89. The van der Waals surface area contributed by atoms with Gasteiger partial charge in [-0.2, -0.15) is 0 Å². The van der Waals surface area contributed by atoms with E-state index in [4.69, 9.17) is 11.6 Å². The van der Waals surface area contributed by atoms with Crippen LogP contribution in [0.15, 0.2) is 42.2 Å². The molecule has 7 heteroatoms. The van der Waals surface area contributed by atoms with E-state index < -0.39 is 0 Å². The maximum atomic E-state index is 12.9. The predicted octanol–water partition coefficient (Wildman–Crippen LogP) is 4.58. The molecule has 0 radical (unpaired) electrons. The lowest BCUT2D eigenvalue weighted by Gasteiger charge is -2.33. The number of carbonyl (C=O) groups excluding carboxylic acids is 1. The van der Waals surface area contributed by atoms with E-state index in [0.717, 1.165) is 46.9 Å². The van der Waals surface area contributed by atoms with Crippen LogP contribution in [0.25, 0.3) is 11.3 Å². The van der Waals surface area contributed by atoms with Crippen molar-refractivity contribution in [2.45, 2.75) is 25.7 Å². The minimum atomic E-state index is 0.0629. The largest absolute Gasteiger partial charge is 0.337 e.